The summed E-state index contributed by atoms with van der Waals surface area (Å²) in [5, 5.41) is 4.34. The smallest absolute Gasteiger partial charge is 0.137 e. The third kappa shape index (κ3) is 5.82. The van der Waals surface area contributed by atoms with E-state index in [1.165, 1.54) is 44.1 Å². The van der Waals surface area contributed by atoms with Crippen LogP contribution in [0.25, 0.3) is 5.57 Å². The highest BCUT2D eigenvalue weighted by Gasteiger charge is 2.23. The number of nitrogens with two attached hydrogens (primary N) is 1. The van der Waals surface area contributed by atoms with E-state index in [-0.39, 0.29) is 0 Å². The number of methoxy groups -OCH3 is 1. The lowest BCUT2D eigenvalue weighted by Crippen LogP contribution is -2.20. The molecule has 164 valence electrons. The minimum absolute atomic E-state index is 0.500. The number of anilines is 1. The molecule has 4 nitrogen and oxygen atoms in total. The Kier molecular flexibility index (Phi) is 7.18. The molecule has 3 N–H and O–H groups in total. The van der Waals surface area contributed by atoms with Gasteiger partial charge >= 0.3 is 0 Å². The lowest BCUT2D eigenvalue weighted by atomic mass is 9.78. The van der Waals surface area contributed by atoms with E-state index in [4.69, 9.17) is 22.1 Å². The summed E-state index contributed by atoms with van der Waals surface area (Å²) in [5.74, 6) is 2.03. The number of hydrogen-bond donors (Lipinski definition) is 2. The Morgan fingerprint density at radius 3 is 2.61 bits per heavy atom. The molecule has 4 rings (SSSR count). The van der Waals surface area contributed by atoms with Gasteiger partial charge in [-0.2, -0.15) is 0 Å². The zero-order valence-electron chi connectivity index (χ0n) is 18.2. The van der Waals surface area contributed by atoms with Crippen molar-refractivity contribution in [3.05, 3.63) is 64.8 Å². The van der Waals surface area contributed by atoms with E-state index in [1.807, 2.05) is 12.3 Å². The first kappa shape index (κ1) is 21.8. The molecule has 2 aliphatic carbocycles. The Hall–Kier alpha value is -2.46. The van der Waals surface area contributed by atoms with Crippen molar-refractivity contribution in [3.63, 3.8) is 0 Å². The van der Waals surface area contributed by atoms with E-state index in [9.17, 15) is 0 Å². The Bertz CT molecular complexity index is 943. The van der Waals surface area contributed by atoms with Crippen LogP contribution in [-0.4, -0.2) is 25.9 Å². The van der Waals surface area contributed by atoms with Crippen LogP contribution in [0.3, 0.4) is 0 Å². The molecule has 0 amide bonds. The third-order valence-corrected chi connectivity index (χ3v) is 6.73. The van der Waals surface area contributed by atoms with Crippen LogP contribution in [0.5, 0.6) is 5.75 Å². The summed E-state index contributed by atoms with van der Waals surface area (Å²) in [6.45, 7) is 0.997. The minimum atomic E-state index is 0.500. The van der Waals surface area contributed by atoms with Gasteiger partial charge in [-0.15, -0.1) is 0 Å². The molecule has 0 spiro atoms. The number of aliphatic imine (C=N–C) groups is 1. The van der Waals surface area contributed by atoms with Crippen molar-refractivity contribution in [2.75, 3.05) is 19.0 Å². The predicted octanol–water partition coefficient (Wildman–Crippen LogP) is 6.27. The monoisotopic (exact) mass is 437 g/mol. The standard InChI is InChI=1S/C26H32ClN3O/c1-31-26-12-9-21(14-25(26)27)19-7-5-18(6-8-19)16-29-24-4-2-3-20(13-24)22(15-28)17-30-23-10-11-23/h2-4,9,12-15,17-19,23,29H,5-8,10-11,16,28H2,1H3. The molecule has 2 fully saturated rings. The Balaban J connectivity index is 1.29. The SMILES string of the molecule is COc1ccc(C2CCC(CNc3cccc(C(C=NC4CC4)=CN)c3)CC2)cc1Cl. The van der Waals surface area contributed by atoms with E-state index in [0.29, 0.717) is 22.9 Å². The van der Waals surface area contributed by atoms with E-state index in [0.717, 1.165) is 29.1 Å². The Morgan fingerprint density at radius 2 is 1.94 bits per heavy atom. The molecule has 2 aromatic carbocycles. The molecule has 2 aliphatic rings. The van der Waals surface area contributed by atoms with Crippen molar-refractivity contribution >= 4 is 29.1 Å². The topological polar surface area (TPSA) is 59.6 Å². The van der Waals surface area contributed by atoms with Gasteiger partial charge < -0.3 is 15.8 Å². The maximum absolute atomic E-state index is 6.32. The van der Waals surface area contributed by atoms with Crippen molar-refractivity contribution in [3.8, 4) is 5.75 Å². The zero-order chi connectivity index (χ0) is 21.6. The van der Waals surface area contributed by atoms with Crippen LogP contribution in [-0.2, 0) is 0 Å². The first-order valence-corrected chi connectivity index (χ1v) is 11.7. The summed E-state index contributed by atoms with van der Waals surface area (Å²) >= 11 is 6.32. The average Bonchev–Trinajstić information content (AvgIpc) is 3.63. The normalized spacial score (nSPS) is 21.9. The summed E-state index contributed by atoms with van der Waals surface area (Å²) < 4.78 is 5.28. The van der Waals surface area contributed by atoms with Crippen LogP contribution in [0.1, 0.15) is 55.6 Å². The highest BCUT2D eigenvalue weighted by molar-refractivity contribution is 6.32. The maximum atomic E-state index is 6.32. The maximum Gasteiger partial charge on any atom is 0.137 e. The molecule has 0 aliphatic heterocycles. The number of allylic oxidation sites excluding steroid dienone is 1. The van der Waals surface area contributed by atoms with Gasteiger partial charge in [0.2, 0.25) is 0 Å². The summed E-state index contributed by atoms with van der Waals surface area (Å²) in [6, 6.07) is 15.2. The number of ether oxygens (including phenoxy) is 1. The van der Waals surface area contributed by atoms with Crippen LogP contribution >= 0.6 is 11.6 Å². The lowest BCUT2D eigenvalue weighted by Gasteiger charge is -2.29. The van der Waals surface area contributed by atoms with Crippen LogP contribution in [0.15, 0.2) is 53.7 Å². The van der Waals surface area contributed by atoms with Gasteiger partial charge in [-0.3, -0.25) is 4.99 Å². The summed E-state index contributed by atoms with van der Waals surface area (Å²) in [6.07, 6.45) is 10.8. The van der Waals surface area contributed by atoms with Gasteiger partial charge in [0.05, 0.1) is 18.2 Å². The van der Waals surface area contributed by atoms with Crippen LogP contribution < -0.4 is 15.8 Å². The molecule has 2 aromatic rings. The molecule has 5 heteroatoms. The number of rotatable bonds is 8. The van der Waals surface area contributed by atoms with E-state index < -0.39 is 0 Å². The molecule has 0 aromatic heterocycles. The fourth-order valence-corrected chi connectivity index (χ4v) is 4.60. The van der Waals surface area contributed by atoms with Crippen LogP contribution in [0, 0.1) is 5.92 Å². The molecule has 0 bridgehead atoms. The molecule has 0 unspecified atom stereocenters. The first-order chi connectivity index (χ1) is 15.2. The van der Waals surface area contributed by atoms with Gasteiger partial charge in [0.25, 0.3) is 0 Å². The second kappa shape index (κ2) is 10.2. The highest BCUT2D eigenvalue weighted by atomic mass is 35.5. The second-order valence-corrected chi connectivity index (χ2v) is 9.11. The van der Waals surface area contributed by atoms with Crippen LogP contribution in [0.4, 0.5) is 5.69 Å². The van der Waals surface area contributed by atoms with Crippen molar-refractivity contribution in [1.82, 2.24) is 0 Å². The Morgan fingerprint density at radius 1 is 1.13 bits per heavy atom. The molecular formula is C26H32ClN3O. The highest BCUT2D eigenvalue weighted by Crippen LogP contribution is 2.38. The zero-order valence-corrected chi connectivity index (χ0v) is 18.9. The third-order valence-electron chi connectivity index (χ3n) is 6.44. The quantitative estimate of drug-likeness (QED) is 0.478. The fraction of sp³-hybridized carbons (Fsp3) is 0.423. The summed E-state index contributed by atoms with van der Waals surface area (Å²) in [4.78, 5) is 4.57. The second-order valence-electron chi connectivity index (χ2n) is 8.70. The van der Waals surface area contributed by atoms with Crippen molar-refractivity contribution in [1.29, 1.82) is 0 Å². The molecule has 0 heterocycles. The molecule has 31 heavy (non-hydrogen) atoms. The van der Waals surface area contributed by atoms with Gasteiger partial charge in [-0.05, 0) is 85.8 Å². The van der Waals surface area contributed by atoms with Gasteiger partial charge in [0.15, 0.2) is 0 Å². The molecular weight excluding hydrogens is 406 g/mol. The summed E-state index contributed by atoms with van der Waals surface area (Å²) in [7, 11) is 1.66. The van der Waals surface area contributed by atoms with E-state index in [1.54, 1.807) is 13.3 Å². The summed E-state index contributed by atoms with van der Waals surface area (Å²) in [5.41, 5.74) is 10.4. The average molecular weight is 438 g/mol. The number of halogens is 1. The predicted molar refractivity (Wildman–Crippen MR) is 131 cm³/mol. The van der Waals surface area contributed by atoms with Crippen LogP contribution in [0.2, 0.25) is 5.02 Å². The minimum Gasteiger partial charge on any atom is -0.495 e. The molecule has 2 saturated carbocycles. The fourth-order valence-electron chi connectivity index (χ4n) is 4.33. The number of benzene rings is 2. The van der Waals surface area contributed by atoms with Gasteiger partial charge in [0.1, 0.15) is 5.75 Å². The lowest BCUT2D eigenvalue weighted by molar-refractivity contribution is 0.338. The van der Waals surface area contributed by atoms with E-state index in [2.05, 4.69) is 46.7 Å². The van der Waals surface area contributed by atoms with Gasteiger partial charge in [0, 0.05) is 30.2 Å². The molecule has 0 atom stereocenters. The number of nitrogens with one attached hydrogen (secondary N) is 1. The van der Waals surface area contributed by atoms with Gasteiger partial charge in [-0.25, -0.2) is 0 Å². The van der Waals surface area contributed by atoms with Crippen molar-refractivity contribution in [2.24, 2.45) is 16.6 Å². The molecule has 0 radical (unpaired) electrons. The number of hydrogen-bond acceptors (Lipinski definition) is 4. The first-order valence-electron chi connectivity index (χ1n) is 11.3. The Labute approximate surface area is 190 Å². The number of nitrogens with zero attached hydrogens (tertiary/aromatic N) is 1. The molecule has 0 saturated heterocycles. The van der Waals surface area contributed by atoms with Crippen molar-refractivity contribution < 1.29 is 4.74 Å². The van der Waals surface area contributed by atoms with E-state index >= 15 is 0 Å². The largest absolute Gasteiger partial charge is 0.495 e. The van der Waals surface area contributed by atoms with Crippen molar-refractivity contribution in [2.45, 2.75) is 50.5 Å². The van der Waals surface area contributed by atoms with Gasteiger partial charge in [-0.1, -0.05) is 29.8 Å².